The van der Waals surface area contributed by atoms with Crippen LogP contribution in [0.15, 0.2) is 47.4 Å². The minimum absolute atomic E-state index is 0.150. The second-order valence-electron chi connectivity index (χ2n) is 4.90. The molecule has 0 aromatic heterocycles. The van der Waals surface area contributed by atoms with Crippen LogP contribution in [0.5, 0.6) is 0 Å². The molecule has 122 valence electrons. The predicted molar refractivity (Wildman–Crippen MR) is 88.6 cm³/mol. The number of rotatable bonds is 3. The van der Waals surface area contributed by atoms with Gasteiger partial charge in [-0.1, -0.05) is 41.4 Å². The summed E-state index contributed by atoms with van der Waals surface area (Å²) in [6, 6.07) is 11.2. The van der Waals surface area contributed by atoms with Crippen molar-refractivity contribution in [2.24, 2.45) is 0 Å². The van der Waals surface area contributed by atoms with Gasteiger partial charge in [-0.3, -0.25) is 0 Å². The fraction of sp³-hybridized carbons (Fsp3) is 0.200. The molecule has 1 aliphatic rings. The highest BCUT2D eigenvalue weighted by atomic mass is 35.7. The lowest BCUT2D eigenvalue weighted by Gasteiger charge is -2.29. The molecule has 0 spiro atoms. The molecule has 23 heavy (non-hydrogen) atoms. The van der Waals surface area contributed by atoms with E-state index in [9.17, 15) is 8.42 Å². The maximum absolute atomic E-state index is 12.0. The van der Waals surface area contributed by atoms with Crippen molar-refractivity contribution in [3.8, 4) is 0 Å². The molecule has 3 rings (SSSR count). The van der Waals surface area contributed by atoms with Gasteiger partial charge in [0.1, 0.15) is 0 Å². The highest BCUT2D eigenvalue weighted by Gasteiger charge is 2.44. The van der Waals surface area contributed by atoms with E-state index in [1.165, 1.54) is 12.1 Å². The number of ether oxygens (including phenoxy) is 2. The summed E-state index contributed by atoms with van der Waals surface area (Å²) in [5.74, 6) is -1.37. The van der Waals surface area contributed by atoms with Crippen LogP contribution < -0.4 is 0 Å². The third-order valence-corrected chi connectivity index (χ3v) is 5.33. The molecular formula is C15H11Cl3O4S. The maximum Gasteiger partial charge on any atom is 0.261 e. The minimum Gasteiger partial charge on any atom is -0.340 e. The van der Waals surface area contributed by atoms with Crippen LogP contribution in [0.3, 0.4) is 0 Å². The topological polar surface area (TPSA) is 52.6 Å². The third-order valence-electron chi connectivity index (χ3n) is 3.48. The van der Waals surface area contributed by atoms with Crippen molar-refractivity contribution in [3.63, 3.8) is 0 Å². The molecule has 2 aromatic carbocycles. The lowest BCUT2D eigenvalue weighted by molar-refractivity contribution is -0.131. The molecular weight excluding hydrogens is 383 g/mol. The lowest BCUT2D eigenvalue weighted by atomic mass is 9.97. The Morgan fingerprint density at radius 2 is 1.48 bits per heavy atom. The van der Waals surface area contributed by atoms with Crippen molar-refractivity contribution in [3.05, 3.63) is 63.6 Å². The van der Waals surface area contributed by atoms with Gasteiger partial charge >= 0.3 is 0 Å². The molecule has 1 aliphatic heterocycles. The Bertz CT molecular complexity index is 828. The predicted octanol–water partition coefficient (Wildman–Crippen LogP) is 4.17. The lowest BCUT2D eigenvalue weighted by Crippen LogP contribution is -2.30. The Labute approximate surface area is 148 Å². The molecule has 0 saturated carbocycles. The summed E-state index contributed by atoms with van der Waals surface area (Å²) in [6.45, 7) is 0.625. The van der Waals surface area contributed by atoms with E-state index in [0.717, 1.165) is 0 Å². The monoisotopic (exact) mass is 392 g/mol. The second-order valence-corrected chi connectivity index (χ2v) is 8.31. The van der Waals surface area contributed by atoms with Crippen molar-refractivity contribution in [1.29, 1.82) is 0 Å². The zero-order valence-electron chi connectivity index (χ0n) is 11.6. The van der Waals surface area contributed by atoms with Gasteiger partial charge in [-0.05, 0) is 24.3 Å². The number of halogens is 3. The number of hydrogen-bond acceptors (Lipinski definition) is 4. The molecule has 0 amide bonds. The highest BCUT2D eigenvalue weighted by Crippen LogP contribution is 2.42. The van der Waals surface area contributed by atoms with Crippen LogP contribution in [-0.4, -0.2) is 21.6 Å². The summed E-state index contributed by atoms with van der Waals surface area (Å²) in [6.07, 6.45) is 0. The Balaban J connectivity index is 2.26. The SMILES string of the molecule is O=S(=O)(Cl)c1cc(Cl)ccc1C1(c2ccc(Cl)cc2)OCCO1. The van der Waals surface area contributed by atoms with Crippen LogP contribution in [-0.2, 0) is 24.3 Å². The number of benzene rings is 2. The van der Waals surface area contributed by atoms with Crippen molar-refractivity contribution in [2.45, 2.75) is 10.7 Å². The molecule has 0 bridgehead atoms. The van der Waals surface area contributed by atoms with Crippen LogP contribution in [0, 0.1) is 0 Å². The molecule has 0 atom stereocenters. The van der Waals surface area contributed by atoms with Crippen LogP contribution >= 0.6 is 33.9 Å². The van der Waals surface area contributed by atoms with Crippen LogP contribution in [0.2, 0.25) is 10.0 Å². The smallest absolute Gasteiger partial charge is 0.261 e. The Morgan fingerprint density at radius 1 is 0.913 bits per heavy atom. The summed E-state index contributed by atoms with van der Waals surface area (Å²) in [7, 11) is 1.52. The Morgan fingerprint density at radius 3 is 2.04 bits per heavy atom. The molecule has 0 radical (unpaired) electrons. The summed E-state index contributed by atoms with van der Waals surface area (Å²) < 4.78 is 35.5. The maximum atomic E-state index is 12.0. The van der Waals surface area contributed by atoms with E-state index in [1.807, 2.05) is 0 Å². The van der Waals surface area contributed by atoms with Gasteiger partial charge in [-0.25, -0.2) is 8.42 Å². The third kappa shape index (κ3) is 3.22. The molecule has 0 N–H and O–H groups in total. The van der Waals surface area contributed by atoms with Gasteiger partial charge in [-0.2, -0.15) is 0 Å². The van der Waals surface area contributed by atoms with Gasteiger partial charge in [0, 0.05) is 31.9 Å². The Hall–Kier alpha value is -0.820. The first-order valence-corrected chi connectivity index (χ1v) is 9.68. The first kappa shape index (κ1) is 17.0. The normalized spacial score (nSPS) is 17.3. The average Bonchev–Trinajstić information content (AvgIpc) is 2.97. The van der Waals surface area contributed by atoms with Gasteiger partial charge in [-0.15, -0.1) is 0 Å². The Kier molecular flexibility index (Phi) is 4.62. The van der Waals surface area contributed by atoms with Gasteiger partial charge in [0.25, 0.3) is 9.05 Å². The van der Waals surface area contributed by atoms with Gasteiger partial charge in [0.15, 0.2) is 0 Å². The first-order valence-electron chi connectivity index (χ1n) is 6.61. The highest BCUT2D eigenvalue weighted by molar-refractivity contribution is 8.13. The van der Waals surface area contributed by atoms with Gasteiger partial charge < -0.3 is 9.47 Å². The zero-order chi connectivity index (χ0) is 16.7. The molecule has 2 aromatic rings. The molecule has 1 fully saturated rings. The van der Waals surface area contributed by atoms with Crippen molar-refractivity contribution in [1.82, 2.24) is 0 Å². The van der Waals surface area contributed by atoms with Crippen molar-refractivity contribution in [2.75, 3.05) is 13.2 Å². The summed E-state index contributed by atoms with van der Waals surface area (Å²) in [5, 5.41) is 0.792. The van der Waals surface area contributed by atoms with E-state index in [-0.39, 0.29) is 15.5 Å². The van der Waals surface area contributed by atoms with E-state index in [0.29, 0.717) is 23.8 Å². The van der Waals surface area contributed by atoms with Crippen molar-refractivity contribution >= 4 is 42.9 Å². The van der Waals surface area contributed by atoms with Crippen LogP contribution in [0.1, 0.15) is 11.1 Å². The van der Waals surface area contributed by atoms with E-state index < -0.39 is 14.8 Å². The molecule has 8 heteroatoms. The zero-order valence-corrected chi connectivity index (χ0v) is 14.7. The summed E-state index contributed by atoms with van der Waals surface area (Å²) in [5.41, 5.74) is 0.889. The molecule has 0 aliphatic carbocycles. The molecule has 1 heterocycles. The number of hydrogen-bond donors (Lipinski definition) is 0. The summed E-state index contributed by atoms with van der Waals surface area (Å²) >= 11 is 11.8. The fourth-order valence-electron chi connectivity index (χ4n) is 2.53. The van der Waals surface area contributed by atoms with E-state index in [4.69, 9.17) is 43.4 Å². The molecule has 4 nitrogen and oxygen atoms in total. The van der Waals surface area contributed by atoms with Gasteiger partial charge in [0.2, 0.25) is 5.79 Å². The van der Waals surface area contributed by atoms with E-state index in [1.54, 1.807) is 30.3 Å². The van der Waals surface area contributed by atoms with Gasteiger partial charge in [0.05, 0.1) is 18.1 Å². The minimum atomic E-state index is -4.05. The second kappa shape index (κ2) is 6.24. The molecule has 1 saturated heterocycles. The van der Waals surface area contributed by atoms with Crippen LogP contribution in [0.4, 0.5) is 0 Å². The quantitative estimate of drug-likeness (QED) is 0.735. The van der Waals surface area contributed by atoms with Crippen LogP contribution in [0.25, 0.3) is 0 Å². The standard InChI is InChI=1S/C15H11Cl3O4S/c16-11-3-1-10(2-4-11)15(21-7-8-22-15)13-6-5-12(17)9-14(13)23(18,19)20/h1-6,9H,7-8H2. The largest absolute Gasteiger partial charge is 0.340 e. The summed E-state index contributed by atoms with van der Waals surface area (Å²) in [4.78, 5) is -0.150. The molecule has 0 unspecified atom stereocenters. The van der Waals surface area contributed by atoms with Crippen molar-refractivity contribution < 1.29 is 17.9 Å². The average molecular weight is 394 g/mol. The van der Waals surface area contributed by atoms with E-state index in [2.05, 4.69) is 0 Å². The van der Waals surface area contributed by atoms with E-state index >= 15 is 0 Å². The fourth-order valence-corrected chi connectivity index (χ4v) is 4.01. The first-order chi connectivity index (χ1) is 10.8.